The molecule has 18 heavy (non-hydrogen) atoms. The Morgan fingerprint density at radius 3 is 3.00 bits per heavy atom. The molecule has 0 unspecified atom stereocenters. The maximum absolute atomic E-state index is 10.9. The van der Waals surface area contributed by atoms with Gasteiger partial charge >= 0.3 is 5.97 Å². The summed E-state index contributed by atoms with van der Waals surface area (Å²) >= 11 is 1.40. The van der Waals surface area contributed by atoms with Gasteiger partial charge in [-0.1, -0.05) is 18.2 Å². The molecule has 0 fully saturated rings. The molecule has 0 atom stereocenters. The minimum absolute atomic E-state index is 0.0500. The fourth-order valence-electron chi connectivity index (χ4n) is 1.92. The van der Waals surface area contributed by atoms with E-state index < -0.39 is 5.97 Å². The number of fused-ring (bicyclic) bond motifs is 1. The Morgan fingerprint density at radius 2 is 2.28 bits per heavy atom. The van der Waals surface area contributed by atoms with Crippen molar-refractivity contribution in [2.75, 3.05) is 0 Å². The van der Waals surface area contributed by atoms with Crippen LogP contribution in [-0.2, 0) is 7.05 Å². The van der Waals surface area contributed by atoms with Crippen LogP contribution in [0.15, 0.2) is 30.5 Å². The number of hydrogen-bond acceptors (Lipinski definition) is 4. The summed E-state index contributed by atoms with van der Waals surface area (Å²) in [5, 5.41) is 14.0. The lowest BCUT2D eigenvalue weighted by Gasteiger charge is -2.02. The summed E-state index contributed by atoms with van der Waals surface area (Å²) in [6, 6.07) is 7.44. The Kier molecular flexibility index (Phi) is 2.38. The fourth-order valence-corrected chi connectivity index (χ4v) is 2.69. The number of aromatic nitrogens is 3. The molecule has 0 saturated heterocycles. The Bertz CT molecular complexity index is 745. The summed E-state index contributed by atoms with van der Waals surface area (Å²) in [6.45, 7) is 0. The molecule has 0 amide bonds. The third-order valence-corrected chi connectivity index (χ3v) is 3.61. The van der Waals surface area contributed by atoms with E-state index in [1.54, 1.807) is 24.0 Å². The molecular formula is C12H9N3O2S. The van der Waals surface area contributed by atoms with Crippen LogP contribution in [0.4, 0.5) is 0 Å². The van der Waals surface area contributed by atoms with Crippen molar-refractivity contribution >= 4 is 27.6 Å². The molecule has 90 valence electrons. The van der Waals surface area contributed by atoms with Gasteiger partial charge in [-0.05, 0) is 17.6 Å². The van der Waals surface area contributed by atoms with E-state index in [9.17, 15) is 4.79 Å². The van der Waals surface area contributed by atoms with E-state index in [1.807, 2.05) is 18.2 Å². The minimum Gasteiger partial charge on any atom is -0.476 e. The number of rotatable bonds is 2. The first-order chi connectivity index (χ1) is 8.66. The Hall–Kier alpha value is -2.21. The van der Waals surface area contributed by atoms with Gasteiger partial charge in [-0.15, -0.1) is 0 Å². The highest BCUT2D eigenvalue weighted by atomic mass is 32.1. The number of hydrogen-bond donors (Lipinski definition) is 1. The zero-order chi connectivity index (χ0) is 12.7. The summed E-state index contributed by atoms with van der Waals surface area (Å²) in [5.74, 6) is -1.02. The number of carboxylic acids is 1. The van der Waals surface area contributed by atoms with E-state index in [2.05, 4.69) is 9.47 Å². The second-order valence-corrected chi connectivity index (χ2v) is 4.69. The first-order valence-corrected chi connectivity index (χ1v) is 6.05. The molecule has 0 radical (unpaired) electrons. The quantitative estimate of drug-likeness (QED) is 0.767. The number of carbonyl (C=O) groups is 1. The fraction of sp³-hybridized carbons (Fsp3) is 0.0833. The average molecular weight is 259 g/mol. The molecule has 0 saturated carbocycles. The standard InChI is InChI=1S/C12H9N3O2S/c1-15-10(5-9(14-15)12(16)17)8-4-2-3-7-6-13-18-11(7)8/h2-6H,1H3,(H,16,17). The zero-order valence-electron chi connectivity index (χ0n) is 9.49. The van der Waals surface area contributed by atoms with Crippen LogP contribution in [0.2, 0.25) is 0 Å². The molecule has 2 aromatic heterocycles. The molecule has 1 aromatic carbocycles. The Morgan fingerprint density at radius 1 is 1.44 bits per heavy atom. The predicted octanol–water partition coefficient (Wildman–Crippen LogP) is 2.40. The monoisotopic (exact) mass is 259 g/mol. The highest BCUT2D eigenvalue weighted by Gasteiger charge is 2.15. The predicted molar refractivity (Wildman–Crippen MR) is 68.8 cm³/mol. The van der Waals surface area contributed by atoms with Crippen molar-refractivity contribution in [3.8, 4) is 11.3 Å². The number of benzene rings is 1. The molecule has 0 aliphatic carbocycles. The maximum Gasteiger partial charge on any atom is 0.356 e. The lowest BCUT2D eigenvalue weighted by Crippen LogP contribution is -1.99. The van der Waals surface area contributed by atoms with Crippen LogP contribution in [0.3, 0.4) is 0 Å². The molecule has 3 aromatic rings. The molecule has 0 aliphatic rings. The van der Waals surface area contributed by atoms with Gasteiger partial charge in [0.1, 0.15) is 0 Å². The first-order valence-electron chi connectivity index (χ1n) is 5.28. The van der Waals surface area contributed by atoms with Crippen molar-refractivity contribution in [2.24, 2.45) is 7.05 Å². The molecule has 0 bridgehead atoms. The first kappa shape index (κ1) is 10.9. The highest BCUT2D eigenvalue weighted by Crippen LogP contribution is 2.31. The van der Waals surface area contributed by atoms with Crippen molar-refractivity contribution in [1.82, 2.24) is 14.2 Å². The summed E-state index contributed by atoms with van der Waals surface area (Å²) < 4.78 is 6.78. The van der Waals surface area contributed by atoms with Crippen molar-refractivity contribution in [2.45, 2.75) is 0 Å². The van der Waals surface area contributed by atoms with E-state index in [-0.39, 0.29) is 5.69 Å². The number of carboxylic acid groups (broad SMARTS) is 1. The number of aryl methyl sites for hydroxylation is 1. The van der Waals surface area contributed by atoms with Crippen LogP contribution in [0.5, 0.6) is 0 Å². The molecule has 0 spiro atoms. The average Bonchev–Trinajstić information content (AvgIpc) is 2.94. The van der Waals surface area contributed by atoms with Crippen molar-refractivity contribution in [3.63, 3.8) is 0 Å². The van der Waals surface area contributed by atoms with E-state index >= 15 is 0 Å². The summed E-state index contributed by atoms with van der Waals surface area (Å²) in [4.78, 5) is 10.9. The SMILES string of the molecule is Cn1nc(C(=O)O)cc1-c1cccc2cnsc12. The van der Waals surface area contributed by atoms with E-state index in [0.29, 0.717) is 0 Å². The van der Waals surface area contributed by atoms with Gasteiger partial charge in [0, 0.05) is 24.2 Å². The largest absolute Gasteiger partial charge is 0.476 e. The van der Waals surface area contributed by atoms with Gasteiger partial charge in [0.05, 0.1) is 10.4 Å². The second kappa shape index (κ2) is 3.92. The van der Waals surface area contributed by atoms with Crippen LogP contribution in [0.25, 0.3) is 21.3 Å². The van der Waals surface area contributed by atoms with E-state index in [4.69, 9.17) is 5.11 Å². The van der Waals surface area contributed by atoms with Crippen LogP contribution in [0.1, 0.15) is 10.5 Å². The second-order valence-electron chi connectivity index (χ2n) is 3.89. The summed E-state index contributed by atoms with van der Waals surface area (Å²) in [5.41, 5.74) is 1.79. The van der Waals surface area contributed by atoms with Crippen LogP contribution in [0, 0.1) is 0 Å². The van der Waals surface area contributed by atoms with Gasteiger partial charge in [-0.3, -0.25) is 4.68 Å². The van der Waals surface area contributed by atoms with Crippen molar-refractivity contribution in [1.29, 1.82) is 0 Å². The van der Waals surface area contributed by atoms with Crippen LogP contribution >= 0.6 is 11.5 Å². The molecule has 2 heterocycles. The van der Waals surface area contributed by atoms with Gasteiger partial charge in [0.15, 0.2) is 5.69 Å². The third-order valence-electron chi connectivity index (χ3n) is 2.76. The smallest absolute Gasteiger partial charge is 0.356 e. The number of nitrogens with zero attached hydrogens (tertiary/aromatic N) is 3. The molecule has 3 rings (SSSR count). The molecule has 6 heteroatoms. The molecular weight excluding hydrogens is 250 g/mol. The zero-order valence-corrected chi connectivity index (χ0v) is 10.3. The van der Waals surface area contributed by atoms with Crippen molar-refractivity contribution < 1.29 is 9.90 Å². The van der Waals surface area contributed by atoms with Crippen LogP contribution in [-0.4, -0.2) is 25.2 Å². The maximum atomic E-state index is 10.9. The van der Waals surface area contributed by atoms with Gasteiger partial charge in [-0.25, -0.2) is 4.79 Å². The highest BCUT2D eigenvalue weighted by molar-refractivity contribution is 7.13. The van der Waals surface area contributed by atoms with E-state index in [0.717, 1.165) is 21.3 Å². The third kappa shape index (κ3) is 1.58. The van der Waals surface area contributed by atoms with Gasteiger partial charge < -0.3 is 5.11 Å². The topological polar surface area (TPSA) is 68.0 Å². The molecule has 0 aliphatic heterocycles. The summed E-state index contributed by atoms with van der Waals surface area (Å²) in [6.07, 6.45) is 1.80. The lowest BCUT2D eigenvalue weighted by molar-refractivity contribution is 0.0689. The lowest BCUT2D eigenvalue weighted by atomic mass is 10.1. The Balaban J connectivity index is 2.26. The summed E-state index contributed by atoms with van der Waals surface area (Å²) in [7, 11) is 1.74. The molecule has 1 N–H and O–H groups in total. The normalized spacial score (nSPS) is 10.9. The van der Waals surface area contributed by atoms with Gasteiger partial charge in [0.25, 0.3) is 0 Å². The van der Waals surface area contributed by atoms with Gasteiger partial charge in [0.2, 0.25) is 0 Å². The van der Waals surface area contributed by atoms with Gasteiger partial charge in [-0.2, -0.15) is 9.47 Å². The van der Waals surface area contributed by atoms with Crippen LogP contribution < -0.4 is 0 Å². The van der Waals surface area contributed by atoms with Crippen molar-refractivity contribution in [3.05, 3.63) is 36.2 Å². The minimum atomic E-state index is -1.02. The van der Waals surface area contributed by atoms with E-state index in [1.165, 1.54) is 11.5 Å². The Labute approximate surface area is 106 Å². The molecule has 5 nitrogen and oxygen atoms in total. The number of aromatic carboxylic acids is 1.